The van der Waals surface area contributed by atoms with Gasteiger partial charge in [0.05, 0.1) is 24.6 Å². The molecule has 8 nitrogen and oxygen atoms in total. The Labute approximate surface area is 162 Å². The van der Waals surface area contributed by atoms with Crippen LogP contribution in [-0.4, -0.2) is 47.8 Å². The molecular formula is C16H22Cl2O8. The van der Waals surface area contributed by atoms with Crippen LogP contribution in [0.3, 0.4) is 0 Å². The van der Waals surface area contributed by atoms with Gasteiger partial charge in [-0.3, -0.25) is 4.79 Å². The molecule has 0 radical (unpaired) electrons. The third-order valence-electron chi connectivity index (χ3n) is 1.49. The zero-order chi connectivity index (χ0) is 21.7. The van der Waals surface area contributed by atoms with Gasteiger partial charge < -0.3 is 19.7 Å². The van der Waals surface area contributed by atoms with Gasteiger partial charge in [0.25, 0.3) is 0 Å². The summed E-state index contributed by atoms with van der Waals surface area (Å²) in [5, 5.41) is 16.1. The zero-order valence-corrected chi connectivity index (χ0v) is 16.0. The monoisotopic (exact) mass is 412 g/mol. The molecule has 0 heterocycles. The van der Waals surface area contributed by atoms with E-state index in [0.29, 0.717) is 6.61 Å². The molecule has 2 N–H and O–H groups in total. The lowest BCUT2D eigenvalue weighted by Gasteiger charge is -1.91. The molecule has 0 aliphatic heterocycles. The molecule has 0 unspecified atom stereocenters. The van der Waals surface area contributed by atoms with Crippen molar-refractivity contribution in [3.8, 4) is 0 Å². The molecule has 0 aromatic heterocycles. The number of rotatable bonds is 6. The molecule has 0 amide bonds. The highest BCUT2D eigenvalue weighted by Gasteiger charge is 2.07. The van der Waals surface area contributed by atoms with Crippen molar-refractivity contribution in [1.82, 2.24) is 0 Å². The number of methoxy groups -OCH3 is 1. The van der Waals surface area contributed by atoms with Crippen molar-refractivity contribution in [2.45, 2.75) is 13.3 Å². The van der Waals surface area contributed by atoms with Gasteiger partial charge in [0.2, 0.25) is 0 Å². The highest BCUT2D eigenvalue weighted by Crippen LogP contribution is 1.98. The van der Waals surface area contributed by atoms with Crippen molar-refractivity contribution in [2.24, 2.45) is 0 Å². The molecule has 0 rings (SSSR count). The Bertz CT molecular complexity index is 508. The first-order valence-corrected chi connectivity index (χ1v) is 7.27. The summed E-state index contributed by atoms with van der Waals surface area (Å²) in [7, 11) is 1.31. The predicted octanol–water partition coefficient (Wildman–Crippen LogP) is 3.12. The predicted molar refractivity (Wildman–Crippen MR) is 98.9 cm³/mol. The highest BCUT2D eigenvalue weighted by molar-refractivity contribution is 6.55. The number of carbonyl (C=O) groups is 4. The van der Waals surface area contributed by atoms with Crippen LogP contribution in [0.2, 0.25) is 0 Å². The first kappa shape index (κ1) is 31.2. The lowest BCUT2D eigenvalue weighted by molar-refractivity contribution is -0.139. The maximum atomic E-state index is 10.1. The second-order valence-corrected chi connectivity index (χ2v) is 4.61. The van der Waals surface area contributed by atoms with Crippen LogP contribution in [0.15, 0.2) is 48.5 Å². The highest BCUT2D eigenvalue weighted by atomic mass is 35.5. The lowest BCUT2D eigenvalue weighted by atomic mass is 10.2. The van der Waals surface area contributed by atoms with Crippen molar-refractivity contribution in [3.63, 3.8) is 0 Å². The molecule has 0 saturated carbocycles. The van der Waals surface area contributed by atoms with Crippen LogP contribution in [-0.2, 0) is 28.7 Å². The number of carboxylic acids is 2. The van der Waals surface area contributed by atoms with E-state index in [1.54, 1.807) is 6.92 Å². The van der Waals surface area contributed by atoms with Gasteiger partial charge >= 0.3 is 23.9 Å². The maximum Gasteiger partial charge on any atom is 0.331 e. The topological polar surface area (TPSA) is 127 Å². The van der Waals surface area contributed by atoms with Crippen LogP contribution in [0.5, 0.6) is 0 Å². The molecule has 26 heavy (non-hydrogen) atoms. The van der Waals surface area contributed by atoms with Gasteiger partial charge in [-0.25, -0.2) is 14.4 Å². The quantitative estimate of drug-likeness (QED) is 0.502. The minimum absolute atomic E-state index is 0.111. The van der Waals surface area contributed by atoms with Crippen molar-refractivity contribution in [2.75, 3.05) is 13.7 Å². The first-order valence-electron chi connectivity index (χ1n) is 6.51. The minimum Gasteiger partial charge on any atom is -0.481 e. The summed E-state index contributed by atoms with van der Waals surface area (Å²) < 4.78 is 8.69. The van der Waals surface area contributed by atoms with E-state index in [-0.39, 0.29) is 16.0 Å². The second kappa shape index (κ2) is 22.4. The van der Waals surface area contributed by atoms with Crippen LogP contribution in [0.4, 0.5) is 0 Å². The van der Waals surface area contributed by atoms with E-state index in [1.807, 2.05) is 0 Å². The normalized spacial score (nSPS) is 7.54. The number of hydrogen-bond acceptors (Lipinski definition) is 6. The average Bonchev–Trinajstić information content (AvgIpc) is 2.54. The summed E-state index contributed by atoms with van der Waals surface area (Å²) in [5.41, 5.74) is -0.303. The molecule has 0 aromatic rings. The Balaban J connectivity index is -0.000000129. The van der Waals surface area contributed by atoms with E-state index < -0.39 is 24.3 Å². The molecule has 0 aliphatic rings. The van der Waals surface area contributed by atoms with Gasteiger partial charge in [-0.2, -0.15) is 0 Å². The first-order chi connectivity index (χ1) is 11.9. The molecule has 0 spiro atoms. The standard InChI is InChI=1S/C5H6O4.C5H8O2.C4H6O2.C2H2Cl2/c1-3(5(8)9)2-4(6)7;1-3-5(6)7-4-2;1-3-4(5)6-2;1-2(3)4/h1-2H2,(H,6,7)(H,8,9);3H,1,4H2,2H3;3H,1H2,2H3;1H2. The van der Waals surface area contributed by atoms with E-state index in [4.69, 9.17) is 33.4 Å². The molecule has 0 aliphatic carbocycles. The Hall–Kier alpha value is -2.58. The summed E-state index contributed by atoms with van der Waals surface area (Å²) in [6.07, 6.45) is 1.75. The largest absolute Gasteiger partial charge is 0.481 e. The van der Waals surface area contributed by atoms with Crippen molar-refractivity contribution in [3.05, 3.63) is 48.5 Å². The van der Waals surface area contributed by atoms with Crippen molar-refractivity contribution < 1.29 is 38.9 Å². The molecule has 148 valence electrons. The third kappa shape index (κ3) is 43.0. The number of ether oxygens (including phenoxy) is 2. The van der Waals surface area contributed by atoms with Crippen LogP contribution in [0, 0.1) is 0 Å². The molecule has 10 heteroatoms. The van der Waals surface area contributed by atoms with Crippen molar-refractivity contribution in [1.29, 1.82) is 0 Å². The fraction of sp³-hybridized carbons (Fsp3) is 0.250. The molecule has 0 bridgehead atoms. The Morgan fingerprint density at radius 3 is 1.46 bits per heavy atom. The Morgan fingerprint density at radius 1 is 1.00 bits per heavy atom. The minimum atomic E-state index is -1.27. The molecule has 0 aromatic carbocycles. The van der Waals surface area contributed by atoms with Gasteiger partial charge in [-0.1, -0.05) is 49.5 Å². The van der Waals surface area contributed by atoms with E-state index in [1.165, 1.54) is 7.11 Å². The van der Waals surface area contributed by atoms with Crippen LogP contribution in [0.1, 0.15) is 13.3 Å². The van der Waals surface area contributed by atoms with Gasteiger partial charge in [0.15, 0.2) is 0 Å². The van der Waals surface area contributed by atoms with Gasteiger partial charge in [-0.15, -0.1) is 0 Å². The fourth-order valence-corrected chi connectivity index (χ4v) is 0.543. The van der Waals surface area contributed by atoms with Gasteiger partial charge in [-0.05, 0) is 6.92 Å². The number of carbonyl (C=O) groups excluding carboxylic acids is 2. The summed E-state index contributed by atoms with van der Waals surface area (Å²) >= 11 is 9.69. The van der Waals surface area contributed by atoms with Crippen LogP contribution < -0.4 is 0 Å². The SMILES string of the molecule is C=C(CC(=O)O)C(=O)O.C=C(Cl)Cl.C=CC(=O)OC.C=CC(=O)OCC. The Kier molecular flexibility index (Phi) is 26.9. The number of esters is 2. The third-order valence-corrected chi connectivity index (χ3v) is 1.49. The second-order valence-electron chi connectivity index (χ2n) is 3.50. The van der Waals surface area contributed by atoms with Crippen molar-refractivity contribution >= 4 is 47.1 Å². The van der Waals surface area contributed by atoms with E-state index in [9.17, 15) is 19.2 Å². The average molecular weight is 413 g/mol. The van der Waals surface area contributed by atoms with Gasteiger partial charge in [0, 0.05) is 17.7 Å². The Morgan fingerprint density at radius 2 is 1.38 bits per heavy atom. The maximum absolute atomic E-state index is 10.1. The van der Waals surface area contributed by atoms with Crippen LogP contribution in [0.25, 0.3) is 0 Å². The van der Waals surface area contributed by atoms with E-state index >= 15 is 0 Å². The molecule has 0 atom stereocenters. The van der Waals surface area contributed by atoms with E-state index in [0.717, 1.165) is 12.2 Å². The summed E-state index contributed by atoms with van der Waals surface area (Å²) in [5.74, 6) is -3.20. The lowest BCUT2D eigenvalue weighted by Crippen LogP contribution is -2.04. The molecule has 0 fully saturated rings. The number of hydrogen-bond donors (Lipinski definition) is 2. The molecular weight excluding hydrogens is 391 g/mol. The van der Waals surface area contributed by atoms with Crippen LogP contribution >= 0.6 is 23.2 Å². The summed E-state index contributed by atoms with van der Waals surface area (Å²) in [6.45, 7) is 14.6. The van der Waals surface area contributed by atoms with Gasteiger partial charge in [0.1, 0.15) is 0 Å². The fourth-order valence-electron chi connectivity index (χ4n) is 0.543. The van der Waals surface area contributed by atoms with E-state index in [2.05, 4.69) is 35.8 Å². The summed E-state index contributed by atoms with van der Waals surface area (Å²) in [6, 6.07) is 0. The molecule has 0 saturated heterocycles. The number of carboxylic acid groups (broad SMARTS) is 2. The zero-order valence-electron chi connectivity index (χ0n) is 14.5. The summed E-state index contributed by atoms with van der Waals surface area (Å²) in [4.78, 5) is 39.6. The number of halogens is 2. The smallest absolute Gasteiger partial charge is 0.331 e. The number of aliphatic carboxylic acids is 2.